The van der Waals surface area contributed by atoms with Crippen LogP contribution in [-0.4, -0.2) is 5.91 Å². The van der Waals surface area contributed by atoms with Gasteiger partial charge in [0.25, 0.3) is 5.91 Å². The molecular formula is C21H14Cl2N2O2. The number of benzene rings is 2. The van der Waals surface area contributed by atoms with Gasteiger partial charge in [0, 0.05) is 22.3 Å². The third-order valence-corrected chi connectivity index (χ3v) is 4.43. The Morgan fingerprint density at radius 3 is 2.67 bits per heavy atom. The number of aryl methyl sites for hydroxylation is 1. The van der Waals surface area contributed by atoms with Crippen molar-refractivity contribution < 1.29 is 9.21 Å². The monoisotopic (exact) mass is 396 g/mol. The van der Waals surface area contributed by atoms with E-state index in [1.807, 2.05) is 31.2 Å². The Balaban J connectivity index is 1.85. The molecule has 0 saturated heterocycles. The predicted octanol–water partition coefficient (Wildman–Crippen LogP) is 6.11. The zero-order valence-corrected chi connectivity index (χ0v) is 15.8. The molecule has 0 saturated carbocycles. The largest absolute Gasteiger partial charge is 0.457 e. The van der Waals surface area contributed by atoms with Crippen molar-refractivity contribution in [2.24, 2.45) is 0 Å². The van der Waals surface area contributed by atoms with Crippen molar-refractivity contribution in [2.45, 2.75) is 6.92 Å². The predicted molar refractivity (Wildman–Crippen MR) is 108 cm³/mol. The van der Waals surface area contributed by atoms with E-state index in [1.54, 1.807) is 36.4 Å². The second-order valence-corrected chi connectivity index (χ2v) is 6.61. The number of para-hydroxylation sites is 1. The molecule has 134 valence electrons. The SMILES string of the molecule is Cc1ccccc1NC(=O)/C(C#N)=C/c1ccc(-c2cc(Cl)ccc2Cl)o1. The van der Waals surface area contributed by atoms with Crippen molar-refractivity contribution in [3.63, 3.8) is 0 Å². The lowest BCUT2D eigenvalue weighted by molar-refractivity contribution is -0.112. The van der Waals surface area contributed by atoms with E-state index in [1.165, 1.54) is 6.08 Å². The molecule has 27 heavy (non-hydrogen) atoms. The molecule has 3 rings (SSSR count). The van der Waals surface area contributed by atoms with E-state index in [4.69, 9.17) is 27.6 Å². The fourth-order valence-electron chi connectivity index (χ4n) is 2.46. The number of carbonyl (C=O) groups is 1. The summed E-state index contributed by atoms with van der Waals surface area (Å²) in [4.78, 5) is 12.4. The number of nitriles is 1. The average molecular weight is 397 g/mol. The maximum Gasteiger partial charge on any atom is 0.266 e. The number of hydrogen-bond acceptors (Lipinski definition) is 3. The minimum atomic E-state index is -0.509. The number of carbonyl (C=O) groups excluding carboxylic acids is 1. The molecular weight excluding hydrogens is 383 g/mol. The number of furan rings is 1. The molecule has 6 heteroatoms. The van der Waals surface area contributed by atoms with Gasteiger partial charge in [-0.05, 0) is 48.9 Å². The van der Waals surface area contributed by atoms with Crippen LogP contribution in [0.25, 0.3) is 17.4 Å². The van der Waals surface area contributed by atoms with Gasteiger partial charge in [-0.25, -0.2) is 0 Å². The summed E-state index contributed by atoms with van der Waals surface area (Å²) in [6.07, 6.45) is 1.38. The Hall–Kier alpha value is -3.00. The molecule has 0 aliphatic heterocycles. The number of amides is 1. The summed E-state index contributed by atoms with van der Waals surface area (Å²) in [5.41, 5.74) is 2.11. The van der Waals surface area contributed by atoms with Crippen molar-refractivity contribution in [1.29, 1.82) is 5.26 Å². The van der Waals surface area contributed by atoms with Crippen LogP contribution >= 0.6 is 23.2 Å². The van der Waals surface area contributed by atoms with Crippen LogP contribution in [-0.2, 0) is 4.79 Å². The molecule has 0 spiro atoms. The minimum absolute atomic E-state index is 0.0728. The molecule has 4 nitrogen and oxygen atoms in total. The third-order valence-electron chi connectivity index (χ3n) is 3.87. The van der Waals surface area contributed by atoms with Gasteiger partial charge in [0.2, 0.25) is 0 Å². The van der Waals surface area contributed by atoms with Gasteiger partial charge in [-0.15, -0.1) is 0 Å². The van der Waals surface area contributed by atoms with Gasteiger partial charge in [-0.3, -0.25) is 4.79 Å². The first-order valence-electron chi connectivity index (χ1n) is 8.02. The second kappa shape index (κ2) is 8.13. The van der Waals surface area contributed by atoms with Crippen LogP contribution in [0.5, 0.6) is 0 Å². The van der Waals surface area contributed by atoms with Crippen LogP contribution < -0.4 is 5.32 Å². The third kappa shape index (κ3) is 4.40. The fourth-order valence-corrected chi connectivity index (χ4v) is 2.84. The summed E-state index contributed by atoms with van der Waals surface area (Å²) in [5.74, 6) is 0.341. The molecule has 1 heterocycles. The van der Waals surface area contributed by atoms with Crippen LogP contribution in [0, 0.1) is 18.3 Å². The van der Waals surface area contributed by atoms with Crippen LogP contribution in [0.4, 0.5) is 5.69 Å². The van der Waals surface area contributed by atoms with E-state index < -0.39 is 5.91 Å². The minimum Gasteiger partial charge on any atom is -0.457 e. The molecule has 0 atom stereocenters. The maximum absolute atomic E-state index is 12.4. The number of nitrogens with zero attached hydrogens (tertiary/aromatic N) is 1. The molecule has 1 N–H and O–H groups in total. The maximum atomic E-state index is 12.4. The van der Waals surface area contributed by atoms with Crippen LogP contribution in [0.1, 0.15) is 11.3 Å². The van der Waals surface area contributed by atoms with Gasteiger partial charge in [-0.2, -0.15) is 5.26 Å². The molecule has 3 aromatic rings. The van der Waals surface area contributed by atoms with Crippen LogP contribution in [0.15, 0.2) is 64.6 Å². The molecule has 0 unspecified atom stereocenters. The summed E-state index contributed by atoms with van der Waals surface area (Å²) >= 11 is 12.2. The molecule has 0 aliphatic carbocycles. The Kier molecular flexibility index (Phi) is 5.66. The number of rotatable bonds is 4. The zero-order valence-electron chi connectivity index (χ0n) is 14.3. The molecule has 0 radical (unpaired) electrons. The number of nitrogens with one attached hydrogen (secondary N) is 1. The molecule has 0 aliphatic rings. The summed E-state index contributed by atoms with van der Waals surface area (Å²) in [5, 5.41) is 13.1. The lowest BCUT2D eigenvalue weighted by atomic mass is 10.1. The highest BCUT2D eigenvalue weighted by Gasteiger charge is 2.13. The van der Waals surface area contributed by atoms with Crippen molar-refractivity contribution in [3.05, 3.63) is 81.5 Å². The highest BCUT2D eigenvalue weighted by Crippen LogP contribution is 2.32. The van der Waals surface area contributed by atoms with Crippen LogP contribution in [0.3, 0.4) is 0 Å². The first-order chi connectivity index (χ1) is 13.0. The second-order valence-electron chi connectivity index (χ2n) is 5.77. The number of halogens is 2. The summed E-state index contributed by atoms with van der Waals surface area (Å²) in [6, 6.07) is 17.6. The normalized spacial score (nSPS) is 11.1. The molecule has 1 amide bonds. The Bertz CT molecular complexity index is 1080. The summed E-state index contributed by atoms with van der Waals surface area (Å²) < 4.78 is 5.71. The van der Waals surface area contributed by atoms with E-state index >= 15 is 0 Å². The van der Waals surface area contributed by atoms with Crippen molar-refractivity contribution in [3.8, 4) is 17.4 Å². The Morgan fingerprint density at radius 1 is 1.15 bits per heavy atom. The lowest BCUT2D eigenvalue weighted by Gasteiger charge is -2.06. The van der Waals surface area contributed by atoms with Gasteiger partial charge in [0.05, 0.1) is 5.02 Å². The van der Waals surface area contributed by atoms with Gasteiger partial charge >= 0.3 is 0 Å². The highest BCUT2D eigenvalue weighted by atomic mass is 35.5. The molecule has 0 bridgehead atoms. The Morgan fingerprint density at radius 2 is 1.93 bits per heavy atom. The zero-order chi connectivity index (χ0) is 19.4. The molecule has 1 aromatic heterocycles. The summed E-state index contributed by atoms with van der Waals surface area (Å²) in [6.45, 7) is 1.87. The van der Waals surface area contributed by atoms with E-state index in [9.17, 15) is 10.1 Å². The van der Waals surface area contributed by atoms with Crippen molar-refractivity contribution >= 4 is 40.9 Å². The number of hydrogen-bond donors (Lipinski definition) is 1. The van der Waals surface area contributed by atoms with Crippen molar-refractivity contribution in [2.75, 3.05) is 5.32 Å². The standard InChI is InChI=1S/C21H14Cl2N2O2/c1-13-4-2-3-5-19(13)25-21(26)14(12-24)10-16-7-9-20(27-16)17-11-15(22)6-8-18(17)23/h2-11H,1H3,(H,25,26)/b14-10+. The van der Waals surface area contributed by atoms with Gasteiger partial charge in [0.1, 0.15) is 23.2 Å². The van der Waals surface area contributed by atoms with E-state index in [-0.39, 0.29) is 5.57 Å². The number of anilines is 1. The van der Waals surface area contributed by atoms with E-state index in [0.717, 1.165) is 5.56 Å². The first kappa shape index (κ1) is 18.8. The van der Waals surface area contributed by atoms with E-state index in [0.29, 0.717) is 32.8 Å². The quantitative estimate of drug-likeness (QED) is 0.427. The van der Waals surface area contributed by atoms with Gasteiger partial charge in [-0.1, -0.05) is 41.4 Å². The van der Waals surface area contributed by atoms with Crippen LogP contribution in [0.2, 0.25) is 10.0 Å². The smallest absolute Gasteiger partial charge is 0.266 e. The Labute approximate surface area is 166 Å². The molecule has 2 aromatic carbocycles. The average Bonchev–Trinajstić information content (AvgIpc) is 3.12. The van der Waals surface area contributed by atoms with E-state index in [2.05, 4.69) is 5.32 Å². The topological polar surface area (TPSA) is 66.0 Å². The van der Waals surface area contributed by atoms with Crippen molar-refractivity contribution in [1.82, 2.24) is 0 Å². The highest BCUT2D eigenvalue weighted by molar-refractivity contribution is 6.35. The first-order valence-corrected chi connectivity index (χ1v) is 8.77. The molecule has 0 fully saturated rings. The van der Waals surface area contributed by atoms with Gasteiger partial charge in [0.15, 0.2) is 0 Å². The fraction of sp³-hybridized carbons (Fsp3) is 0.0476. The van der Waals surface area contributed by atoms with Gasteiger partial charge < -0.3 is 9.73 Å². The summed E-state index contributed by atoms with van der Waals surface area (Å²) in [7, 11) is 0. The lowest BCUT2D eigenvalue weighted by Crippen LogP contribution is -2.14.